The van der Waals surface area contributed by atoms with Crippen molar-refractivity contribution in [3.8, 4) is 0 Å². The fraction of sp³-hybridized carbons (Fsp3) is 0.381. The minimum Gasteiger partial charge on any atom is -0.355 e. The molecule has 174 valence electrons. The van der Waals surface area contributed by atoms with Crippen LogP contribution in [0.2, 0.25) is 0 Å². The summed E-state index contributed by atoms with van der Waals surface area (Å²) in [5, 5.41) is 2.56. The van der Waals surface area contributed by atoms with E-state index >= 15 is 0 Å². The van der Waals surface area contributed by atoms with Crippen LogP contribution in [0, 0.1) is 0 Å². The van der Waals surface area contributed by atoms with Gasteiger partial charge in [-0.25, -0.2) is 18.4 Å². The maximum Gasteiger partial charge on any atom is 0.261 e. The van der Waals surface area contributed by atoms with Crippen LogP contribution >= 0.6 is 0 Å². The van der Waals surface area contributed by atoms with Crippen molar-refractivity contribution in [1.82, 2.24) is 24.5 Å². The van der Waals surface area contributed by atoms with E-state index in [1.165, 1.54) is 4.31 Å². The van der Waals surface area contributed by atoms with Crippen molar-refractivity contribution >= 4 is 33.7 Å². The normalized spacial score (nSPS) is 16.7. The number of fused-ring (bicyclic) bond motifs is 1. The van der Waals surface area contributed by atoms with E-state index in [1.807, 2.05) is 4.90 Å². The van der Waals surface area contributed by atoms with Gasteiger partial charge < -0.3 is 10.2 Å². The predicted octanol–water partition coefficient (Wildman–Crippen LogP) is -0.269. The fourth-order valence-electron chi connectivity index (χ4n) is 3.81. The molecule has 2 aliphatic heterocycles. The average Bonchev–Trinajstić information content (AvgIpc) is 3.08. The molecule has 0 bridgehead atoms. The quantitative estimate of drug-likeness (QED) is 0.519. The first-order valence-electron chi connectivity index (χ1n) is 10.6. The number of carbonyl (C=O) groups is 3. The average molecular weight is 473 g/mol. The number of nitrogens with one attached hydrogen (secondary N) is 1. The molecule has 3 amide bonds. The number of amides is 3. The Hall–Kier alpha value is -3.38. The van der Waals surface area contributed by atoms with E-state index in [1.54, 1.807) is 42.7 Å². The number of piperazine rings is 1. The van der Waals surface area contributed by atoms with Gasteiger partial charge in [-0.1, -0.05) is 12.1 Å². The molecule has 0 atom stereocenters. The zero-order valence-electron chi connectivity index (χ0n) is 17.9. The van der Waals surface area contributed by atoms with E-state index in [9.17, 15) is 22.8 Å². The van der Waals surface area contributed by atoms with Gasteiger partial charge in [0, 0.05) is 58.1 Å². The molecule has 2 aliphatic rings. The molecule has 11 nitrogen and oxygen atoms in total. The van der Waals surface area contributed by atoms with E-state index < -0.39 is 27.7 Å². The minimum absolute atomic E-state index is 0.0503. The number of benzene rings is 1. The van der Waals surface area contributed by atoms with Crippen LogP contribution in [0.3, 0.4) is 0 Å². The van der Waals surface area contributed by atoms with Crippen LogP contribution < -0.4 is 10.2 Å². The summed E-state index contributed by atoms with van der Waals surface area (Å²) in [6.45, 7) is 1.48. The van der Waals surface area contributed by atoms with Gasteiger partial charge in [-0.2, -0.15) is 4.31 Å². The molecule has 1 saturated heterocycles. The molecule has 0 saturated carbocycles. The van der Waals surface area contributed by atoms with E-state index in [0.29, 0.717) is 43.3 Å². The van der Waals surface area contributed by atoms with Crippen molar-refractivity contribution < 1.29 is 22.8 Å². The van der Waals surface area contributed by atoms with Crippen LogP contribution in [0.1, 0.15) is 27.1 Å². The third-order valence-corrected chi connectivity index (χ3v) is 7.46. The second kappa shape index (κ2) is 9.63. The van der Waals surface area contributed by atoms with Crippen LogP contribution in [0.25, 0.3) is 0 Å². The number of aromatic nitrogens is 2. The van der Waals surface area contributed by atoms with Gasteiger partial charge in [0.1, 0.15) is 0 Å². The fourth-order valence-corrected chi connectivity index (χ4v) is 5.15. The second-order valence-electron chi connectivity index (χ2n) is 7.66. The van der Waals surface area contributed by atoms with E-state index in [4.69, 9.17) is 0 Å². The molecule has 0 aliphatic carbocycles. The SMILES string of the molecule is O=C(CCN1C(=O)c2ccccc2C1=O)NCCS(=O)(=O)N1CCN(c2ncccn2)CC1. The summed E-state index contributed by atoms with van der Waals surface area (Å²) < 4.78 is 26.6. The number of hydrogen-bond donors (Lipinski definition) is 1. The molecular weight excluding hydrogens is 448 g/mol. The van der Waals surface area contributed by atoms with Gasteiger partial charge in [0.25, 0.3) is 11.8 Å². The highest BCUT2D eigenvalue weighted by molar-refractivity contribution is 7.89. The summed E-state index contributed by atoms with van der Waals surface area (Å²) >= 11 is 0. The van der Waals surface area contributed by atoms with Crippen LogP contribution in [-0.4, -0.2) is 90.3 Å². The van der Waals surface area contributed by atoms with E-state index in [-0.39, 0.29) is 25.3 Å². The number of anilines is 1. The maximum atomic E-state index is 12.6. The monoisotopic (exact) mass is 472 g/mol. The first-order valence-corrected chi connectivity index (χ1v) is 12.2. The summed E-state index contributed by atoms with van der Waals surface area (Å²) in [5.74, 6) is -0.933. The minimum atomic E-state index is -3.54. The number of imide groups is 1. The summed E-state index contributed by atoms with van der Waals surface area (Å²) in [5.41, 5.74) is 0.654. The zero-order valence-corrected chi connectivity index (χ0v) is 18.7. The number of rotatable bonds is 8. The van der Waals surface area contributed by atoms with Crippen LogP contribution in [-0.2, 0) is 14.8 Å². The summed E-state index contributed by atoms with van der Waals surface area (Å²) in [7, 11) is -3.54. The smallest absolute Gasteiger partial charge is 0.261 e. The number of sulfonamides is 1. The van der Waals surface area contributed by atoms with Gasteiger partial charge in [-0.15, -0.1) is 0 Å². The molecule has 1 aromatic carbocycles. The van der Waals surface area contributed by atoms with Gasteiger partial charge in [0.2, 0.25) is 21.9 Å². The van der Waals surface area contributed by atoms with Crippen molar-refractivity contribution in [1.29, 1.82) is 0 Å². The Morgan fingerprint density at radius 1 is 0.939 bits per heavy atom. The van der Waals surface area contributed by atoms with Crippen LogP contribution in [0.5, 0.6) is 0 Å². The molecule has 0 unspecified atom stereocenters. The number of nitrogens with zero attached hydrogens (tertiary/aromatic N) is 5. The Labute approximate surface area is 191 Å². The molecule has 1 N–H and O–H groups in total. The number of carbonyl (C=O) groups excluding carboxylic acids is 3. The van der Waals surface area contributed by atoms with E-state index in [2.05, 4.69) is 15.3 Å². The van der Waals surface area contributed by atoms with Gasteiger partial charge in [0.15, 0.2) is 0 Å². The Morgan fingerprint density at radius 2 is 1.55 bits per heavy atom. The van der Waals surface area contributed by atoms with Gasteiger partial charge in [0.05, 0.1) is 16.9 Å². The molecule has 3 heterocycles. The topological polar surface area (TPSA) is 133 Å². The molecule has 4 rings (SSSR count). The van der Waals surface area contributed by atoms with Crippen molar-refractivity contribution in [2.45, 2.75) is 6.42 Å². The largest absolute Gasteiger partial charge is 0.355 e. The lowest BCUT2D eigenvalue weighted by molar-refractivity contribution is -0.121. The predicted molar refractivity (Wildman–Crippen MR) is 119 cm³/mol. The van der Waals surface area contributed by atoms with Crippen molar-refractivity contribution in [2.75, 3.05) is 49.9 Å². The maximum absolute atomic E-state index is 12.6. The third-order valence-electron chi connectivity index (χ3n) is 5.59. The first-order chi connectivity index (χ1) is 15.9. The molecule has 33 heavy (non-hydrogen) atoms. The summed E-state index contributed by atoms with van der Waals surface area (Å²) in [6, 6.07) is 8.23. The zero-order chi connectivity index (χ0) is 23.4. The summed E-state index contributed by atoms with van der Waals surface area (Å²) in [4.78, 5) is 48.1. The van der Waals surface area contributed by atoms with Gasteiger partial charge >= 0.3 is 0 Å². The number of hydrogen-bond acceptors (Lipinski definition) is 8. The lowest BCUT2D eigenvalue weighted by Gasteiger charge is -2.33. The highest BCUT2D eigenvalue weighted by atomic mass is 32.2. The Bertz CT molecular complexity index is 1110. The standard InChI is InChI=1S/C21H24N6O5S/c28-18(6-10-27-19(29)16-4-1-2-5-17(16)20(27)30)22-9-15-33(31,32)26-13-11-25(12-14-26)21-23-7-3-8-24-21/h1-5,7-8H,6,9-15H2,(H,22,28). The molecule has 1 aromatic heterocycles. The molecule has 0 spiro atoms. The van der Waals surface area contributed by atoms with Crippen LogP contribution in [0.15, 0.2) is 42.7 Å². The van der Waals surface area contributed by atoms with E-state index in [0.717, 1.165) is 4.90 Å². The Morgan fingerprint density at radius 3 is 2.15 bits per heavy atom. The highest BCUT2D eigenvalue weighted by Crippen LogP contribution is 2.22. The van der Waals surface area contributed by atoms with Crippen LogP contribution in [0.4, 0.5) is 5.95 Å². The van der Waals surface area contributed by atoms with Crippen molar-refractivity contribution in [2.24, 2.45) is 0 Å². The molecule has 0 radical (unpaired) electrons. The van der Waals surface area contributed by atoms with Gasteiger partial charge in [-0.05, 0) is 18.2 Å². The summed E-state index contributed by atoms with van der Waals surface area (Å²) in [6.07, 6.45) is 3.19. The molecule has 12 heteroatoms. The van der Waals surface area contributed by atoms with Crippen molar-refractivity contribution in [3.63, 3.8) is 0 Å². The lowest BCUT2D eigenvalue weighted by Crippen LogP contribution is -2.50. The van der Waals surface area contributed by atoms with Gasteiger partial charge in [-0.3, -0.25) is 19.3 Å². The highest BCUT2D eigenvalue weighted by Gasteiger charge is 2.35. The molecule has 2 aromatic rings. The molecule has 1 fully saturated rings. The first kappa shape index (κ1) is 22.8. The Kier molecular flexibility index (Phi) is 6.65. The Balaban J connectivity index is 1.20. The third kappa shape index (κ3) is 5.01. The lowest BCUT2D eigenvalue weighted by atomic mass is 10.1. The molecular formula is C21H24N6O5S. The van der Waals surface area contributed by atoms with Crippen molar-refractivity contribution in [3.05, 3.63) is 53.9 Å². The second-order valence-corrected chi connectivity index (χ2v) is 9.75.